The van der Waals surface area contributed by atoms with Crippen molar-refractivity contribution in [3.05, 3.63) is 40.8 Å². The van der Waals surface area contributed by atoms with Gasteiger partial charge in [-0.2, -0.15) is 5.10 Å². The molecule has 112 valence electrons. The zero-order valence-corrected chi connectivity index (χ0v) is 12.2. The van der Waals surface area contributed by atoms with Crippen LogP contribution in [0.5, 0.6) is 0 Å². The lowest BCUT2D eigenvalue weighted by Crippen LogP contribution is -2.18. The molecule has 0 aliphatic heterocycles. The minimum Gasteiger partial charge on any atom is -0.304 e. The first-order valence-corrected chi connectivity index (χ1v) is 7.44. The maximum atomic E-state index is 13.3. The molecule has 1 amide bonds. The van der Waals surface area contributed by atoms with Crippen molar-refractivity contribution in [3.63, 3.8) is 0 Å². The Morgan fingerprint density at radius 1 is 1.48 bits per heavy atom. The second-order valence-corrected chi connectivity index (χ2v) is 6.08. The van der Waals surface area contributed by atoms with E-state index < -0.39 is 21.7 Å². The van der Waals surface area contributed by atoms with Crippen molar-refractivity contribution in [2.75, 3.05) is 5.32 Å². The van der Waals surface area contributed by atoms with Crippen molar-refractivity contribution in [2.45, 2.75) is 4.90 Å². The fraction of sp³-hybridized carbons (Fsp3) is 0.0909. The Bertz CT molecular complexity index is 819. The normalized spacial score (nSPS) is 11.4. The number of halogens is 2. The van der Waals surface area contributed by atoms with Crippen LogP contribution in [-0.4, -0.2) is 24.1 Å². The molecule has 7 nitrogen and oxygen atoms in total. The maximum Gasteiger partial charge on any atom is 0.257 e. The number of aryl methyl sites for hydroxylation is 1. The van der Waals surface area contributed by atoms with Crippen molar-refractivity contribution in [2.24, 2.45) is 12.2 Å². The first kappa shape index (κ1) is 15.4. The molecule has 2 rings (SSSR count). The Balaban J connectivity index is 2.34. The smallest absolute Gasteiger partial charge is 0.257 e. The molecule has 2 aromatic rings. The number of sulfonamides is 1. The molecular formula is C11H10ClFN4O3S. The van der Waals surface area contributed by atoms with Crippen molar-refractivity contribution in [1.29, 1.82) is 0 Å². The van der Waals surface area contributed by atoms with Gasteiger partial charge in [0.25, 0.3) is 5.91 Å². The number of carbonyl (C=O) groups excluding carboxylic acids is 1. The van der Waals surface area contributed by atoms with Crippen LogP contribution in [0.2, 0.25) is 5.02 Å². The van der Waals surface area contributed by atoms with Gasteiger partial charge in [0, 0.05) is 18.8 Å². The van der Waals surface area contributed by atoms with E-state index in [4.69, 9.17) is 16.7 Å². The quantitative estimate of drug-likeness (QED) is 0.877. The monoisotopic (exact) mass is 332 g/mol. The molecule has 3 N–H and O–H groups in total. The van der Waals surface area contributed by atoms with Gasteiger partial charge in [0.2, 0.25) is 10.0 Å². The van der Waals surface area contributed by atoms with Gasteiger partial charge in [-0.05, 0) is 18.2 Å². The molecule has 21 heavy (non-hydrogen) atoms. The number of primary sulfonamides is 1. The third-order valence-electron chi connectivity index (χ3n) is 2.52. The number of hydrogen-bond donors (Lipinski definition) is 2. The zero-order valence-electron chi connectivity index (χ0n) is 10.7. The van der Waals surface area contributed by atoms with Gasteiger partial charge in [0.15, 0.2) is 5.82 Å². The number of nitrogens with two attached hydrogens (primary N) is 1. The van der Waals surface area contributed by atoms with Crippen LogP contribution in [0.1, 0.15) is 10.4 Å². The average molecular weight is 333 g/mol. The molecule has 0 radical (unpaired) electrons. The number of nitrogens with zero attached hydrogens (tertiary/aromatic N) is 2. The fourth-order valence-corrected chi connectivity index (χ4v) is 2.36. The predicted octanol–water partition coefficient (Wildman–Crippen LogP) is 1.11. The van der Waals surface area contributed by atoms with E-state index in [2.05, 4.69) is 10.4 Å². The van der Waals surface area contributed by atoms with E-state index in [1.165, 1.54) is 23.9 Å². The molecule has 0 saturated heterocycles. The number of amides is 1. The van der Waals surface area contributed by atoms with E-state index in [9.17, 15) is 17.6 Å². The van der Waals surface area contributed by atoms with E-state index >= 15 is 0 Å². The highest BCUT2D eigenvalue weighted by atomic mass is 35.5. The maximum absolute atomic E-state index is 13.3. The summed E-state index contributed by atoms with van der Waals surface area (Å²) in [5.74, 6) is -1.74. The summed E-state index contributed by atoms with van der Waals surface area (Å²) in [5, 5.41) is 10.9. The van der Waals surface area contributed by atoms with Gasteiger partial charge in [-0.1, -0.05) is 11.6 Å². The number of carbonyl (C=O) groups is 1. The first-order valence-electron chi connectivity index (χ1n) is 5.51. The van der Waals surface area contributed by atoms with Crippen LogP contribution in [0, 0.1) is 5.82 Å². The summed E-state index contributed by atoms with van der Waals surface area (Å²) in [6.07, 6.45) is 1.15. The van der Waals surface area contributed by atoms with E-state index in [0.29, 0.717) is 0 Å². The summed E-state index contributed by atoms with van der Waals surface area (Å²) in [5.41, 5.74) is -0.0390. The number of hydrogen-bond acceptors (Lipinski definition) is 4. The Kier molecular flexibility index (Phi) is 3.99. The standard InChI is InChI=1S/C11H10ClFN4O3S/c1-17-5-9(21(14,19)20)10(16-17)15-11(18)6-2-3-7(12)8(13)4-6/h2-5H,1H3,(H2,14,19,20)(H,15,16,18). The van der Waals surface area contributed by atoms with E-state index in [0.717, 1.165) is 12.3 Å². The van der Waals surface area contributed by atoms with Gasteiger partial charge >= 0.3 is 0 Å². The highest BCUT2D eigenvalue weighted by molar-refractivity contribution is 7.89. The third-order valence-corrected chi connectivity index (χ3v) is 3.73. The molecule has 0 aliphatic carbocycles. The number of rotatable bonds is 3. The highest BCUT2D eigenvalue weighted by Crippen LogP contribution is 2.20. The van der Waals surface area contributed by atoms with Gasteiger partial charge in [-0.3, -0.25) is 9.48 Å². The highest BCUT2D eigenvalue weighted by Gasteiger charge is 2.20. The lowest BCUT2D eigenvalue weighted by atomic mass is 10.2. The summed E-state index contributed by atoms with van der Waals surface area (Å²) < 4.78 is 37.2. The molecule has 10 heteroatoms. The summed E-state index contributed by atoms with van der Waals surface area (Å²) in [7, 11) is -2.58. The van der Waals surface area contributed by atoms with Gasteiger partial charge in [0.1, 0.15) is 10.7 Å². The van der Waals surface area contributed by atoms with Crippen LogP contribution in [0.25, 0.3) is 0 Å². The summed E-state index contributed by atoms with van der Waals surface area (Å²) in [4.78, 5) is 11.6. The van der Waals surface area contributed by atoms with Crippen molar-refractivity contribution < 1.29 is 17.6 Å². The van der Waals surface area contributed by atoms with Crippen molar-refractivity contribution in [3.8, 4) is 0 Å². The zero-order chi connectivity index (χ0) is 15.8. The van der Waals surface area contributed by atoms with Crippen LogP contribution >= 0.6 is 11.6 Å². The second kappa shape index (κ2) is 5.43. The molecule has 1 aromatic heterocycles. The third kappa shape index (κ3) is 3.38. The molecule has 0 saturated carbocycles. The van der Waals surface area contributed by atoms with Gasteiger partial charge < -0.3 is 5.32 Å². The van der Waals surface area contributed by atoms with Crippen LogP contribution in [0.15, 0.2) is 29.3 Å². The van der Waals surface area contributed by atoms with Gasteiger partial charge in [-0.15, -0.1) is 0 Å². The lowest BCUT2D eigenvalue weighted by Gasteiger charge is -2.04. The summed E-state index contributed by atoms with van der Waals surface area (Å²) in [6, 6.07) is 3.43. The Morgan fingerprint density at radius 2 is 2.14 bits per heavy atom. The number of nitrogens with one attached hydrogen (secondary N) is 1. The molecule has 1 aromatic carbocycles. The van der Waals surface area contributed by atoms with Crippen LogP contribution in [0.3, 0.4) is 0 Å². The minimum absolute atomic E-state index is 0.0390. The number of aromatic nitrogens is 2. The van der Waals surface area contributed by atoms with Crippen LogP contribution < -0.4 is 10.5 Å². The van der Waals surface area contributed by atoms with Crippen molar-refractivity contribution >= 4 is 33.3 Å². The average Bonchev–Trinajstić information content (AvgIpc) is 2.73. The van der Waals surface area contributed by atoms with Crippen molar-refractivity contribution in [1.82, 2.24) is 9.78 Å². The van der Waals surface area contributed by atoms with Crippen LogP contribution in [-0.2, 0) is 17.1 Å². The van der Waals surface area contributed by atoms with E-state index in [-0.39, 0.29) is 21.3 Å². The predicted molar refractivity (Wildman–Crippen MR) is 73.9 cm³/mol. The summed E-state index contributed by atoms with van der Waals surface area (Å²) in [6.45, 7) is 0. The van der Waals surface area contributed by atoms with E-state index in [1.807, 2.05) is 0 Å². The number of anilines is 1. The Morgan fingerprint density at radius 3 is 2.71 bits per heavy atom. The first-order chi connectivity index (χ1) is 9.68. The number of benzene rings is 1. The molecule has 0 fully saturated rings. The van der Waals surface area contributed by atoms with E-state index in [1.54, 1.807) is 0 Å². The van der Waals surface area contributed by atoms with Crippen LogP contribution in [0.4, 0.5) is 10.2 Å². The molecule has 0 bridgehead atoms. The molecule has 0 atom stereocenters. The summed E-state index contributed by atoms with van der Waals surface area (Å²) >= 11 is 5.52. The SMILES string of the molecule is Cn1cc(S(N)(=O)=O)c(NC(=O)c2ccc(Cl)c(F)c2)n1. The Labute approximate surface area is 124 Å². The van der Waals surface area contributed by atoms with Gasteiger partial charge in [-0.25, -0.2) is 17.9 Å². The molecule has 0 aliphatic rings. The fourth-order valence-electron chi connectivity index (χ4n) is 1.58. The largest absolute Gasteiger partial charge is 0.304 e. The topological polar surface area (TPSA) is 107 Å². The Hall–Kier alpha value is -1.97. The lowest BCUT2D eigenvalue weighted by molar-refractivity contribution is 0.102. The van der Waals surface area contributed by atoms with Gasteiger partial charge in [0.05, 0.1) is 5.02 Å². The molecule has 1 heterocycles. The minimum atomic E-state index is -4.05. The molecular weight excluding hydrogens is 323 g/mol. The second-order valence-electron chi connectivity index (χ2n) is 4.14. The molecule has 0 unspecified atom stereocenters. The molecule has 0 spiro atoms.